The Hall–Kier alpha value is -2.31. The third-order valence-corrected chi connectivity index (χ3v) is 5.45. The molecule has 1 aromatic heterocycles. The van der Waals surface area contributed by atoms with E-state index in [1.165, 1.54) is 6.42 Å². The van der Waals surface area contributed by atoms with Crippen molar-refractivity contribution in [3.05, 3.63) is 41.0 Å². The van der Waals surface area contributed by atoms with Gasteiger partial charge in [0.2, 0.25) is 0 Å². The number of rotatable bonds is 5. The minimum absolute atomic E-state index is 0.0296. The van der Waals surface area contributed by atoms with Gasteiger partial charge < -0.3 is 20.1 Å². The SMILES string of the molecule is O=C(C1Cc2cc(Cl)cc(-c3ccnc(NCCO)c3)c2O1)N1CCCCC1. The fourth-order valence-corrected chi connectivity index (χ4v) is 4.11. The Morgan fingerprint density at radius 1 is 1.29 bits per heavy atom. The van der Waals surface area contributed by atoms with E-state index in [0.717, 1.165) is 48.4 Å². The predicted octanol–water partition coefficient (Wildman–Crippen LogP) is 3.12. The summed E-state index contributed by atoms with van der Waals surface area (Å²) in [7, 11) is 0. The van der Waals surface area contributed by atoms with Crippen LogP contribution in [0.1, 0.15) is 24.8 Å². The van der Waals surface area contributed by atoms with Gasteiger partial charge in [0, 0.05) is 48.4 Å². The van der Waals surface area contributed by atoms with Gasteiger partial charge in [0.25, 0.3) is 5.91 Å². The van der Waals surface area contributed by atoms with Crippen LogP contribution in [0.15, 0.2) is 30.5 Å². The van der Waals surface area contributed by atoms with E-state index < -0.39 is 6.10 Å². The number of fused-ring (bicyclic) bond motifs is 1. The number of hydrogen-bond donors (Lipinski definition) is 2. The van der Waals surface area contributed by atoms with E-state index in [1.54, 1.807) is 6.20 Å². The second-order valence-corrected chi connectivity index (χ2v) is 7.65. The molecule has 0 spiro atoms. The average molecular weight is 402 g/mol. The van der Waals surface area contributed by atoms with E-state index in [4.69, 9.17) is 21.4 Å². The molecule has 7 heteroatoms. The molecule has 3 heterocycles. The zero-order valence-corrected chi connectivity index (χ0v) is 16.4. The lowest BCUT2D eigenvalue weighted by molar-refractivity contribution is -0.138. The summed E-state index contributed by atoms with van der Waals surface area (Å²) < 4.78 is 6.15. The molecule has 2 N–H and O–H groups in total. The summed E-state index contributed by atoms with van der Waals surface area (Å²) in [6, 6.07) is 7.53. The highest BCUT2D eigenvalue weighted by Gasteiger charge is 2.34. The molecule has 2 aliphatic rings. The Bertz CT molecular complexity index is 868. The van der Waals surface area contributed by atoms with E-state index in [-0.39, 0.29) is 12.5 Å². The van der Waals surface area contributed by atoms with Crippen LogP contribution in [-0.4, -0.2) is 53.2 Å². The highest BCUT2D eigenvalue weighted by atomic mass is 35.5. The summed E-state index contributed by atoms with van der Waals surface area (Å²) in [4.78, 5) is 19.1. The zero-order chi connectivity index (χ0) is 19.5. The molecule has 2 aliphatic heterocycles. The van der Waals surface area contributed by atoms with Crippen LogP contribution >= 0.6 is 11.6 Å². The molecule has 2 aromatic rings. The van der Waals surface area contributed by atoms with Crippen LogP contribution in [0.25, 0.3) is 11.1 Å². The van der Waals surface area contributed by atoms with Gasteiger partial charge in [0.1, 0.15) is 11.6 Å². The zero-order valence-electron chi connectivity index (χ0n) is 15.7. The van der Waals surface area contributed by atoms with Gasteiger partial charge >= 0.3 is 0 Å². The number of piperidine rings is 1. The van der Waals surface area contributed by atoms with Gasteiger partial charge in [-0.25, -0.2) is 4.98 Å². The maximum absolute atomic E-state index is 12.9. The summed E-state index contributed by atoms with van der Waals surface area (Å²) in [6.07, 6.45) is 5.06. The number of carbonyl (C=O) groups excluding carboxylic acids is 1. The highest BCUT2D eigenvalue weighted by molar-refractivity contribution is 6.31. The van der Waals surface area contributed by atoms with Crippen LogP contribution in [0.4, 0.5) is 5.82 Å². The molecule has 1 fully saturated rings. The first-order valence-corrected chi connectivity index (χ1v) is 10.1. The molecular formula is C21H24ClN3O3. The van der Waals surface area contributed by atoms with Crippen molar-refractivity contribution in [1.82, 2.24) is 9.88 Å². The molecule has 6 nitrogen and oxygen atoms in total. The second kappa shape index (κ2) is 8.37. The first-order chi connectivity index (χ1) is 13.7. The number of hydrogen-bond acceptors (Lipinski definition) is 5. The number of anilines is 1. The van der Waals surface area contributed by atoms with Crippen molar-refractivity contribution < 1.29 is 14.6 Å². The molecule has 0 radical (unpaired) electrons. The lowest BCUT2D eigenvalue weighted by Gasteiger charge is -2.28. The molecule has 148 valence electrons. The smallest absolute Gasteiger partial charge is 0.263 e. The number of carbonyl (C=O) groups is 1. The number of aromatic nitrogens is 1. The molecule has 0 saturated carbocycles. The summed E-state index contributed by atoms with van der Waals surface area (Å²) >= 11 is 6.36. The van der Waals surface area contributed by atoms with E-state index >= 15 is 0 Å². The first kappa shape index (κ1) is 19.0. The minimum Gasteiger partial charge on any atom is -0.479 e. The quantitative estimate of drug-likeness (QED) is 0.805. The summed E-state index contributed by atoms with van der Waals surface area (Å²) in [6.45, 7) is 2.08. The van der Waals surface area contributed by atoms with Crippen molar-refractivity contribution in [3.8, 4) is 16.9 Å². The number of aliphatic hydroxyl groups is 1. The fourth-order valence-electron chi connectivity index (χ4n) is 3.87. The Morgan fingerprint density at radius 3 is 2.89 bits per heavy atom. The van der Waals surface area contributed by atoms with Gasteiger partial charge in [0.15, 0.2) is 6.10 Å². The van der Waals surface area contributed by atoms with Crippen molar-refractivity contribution >= 4 is 23.3 Å². The van der Waals surface area contributed by atoms with Gasteiger partial charge in [-0.1, -0.05) is 11.6 Å². The van der Waals surface area contributed by atoms with Gasteiger partial charge in [-0.2, -0.15) is 0 Å². The monoisotopic (exact) mass is 401 g/mol. The van der Waals surface area contributed by atoms with Crippen LogP contribution in [0.5, 0.6) is 5.75 Å². The molecule has 1 unspecified atom stereocenters. The van der Waals surface area contributed by atoms with E-state index in [9.17, 15) is 4.79 Å². The topological polar surface area (TPSA) is 74.7 Å². The third kappa shape index (κ3) is 3.93. The number of benzene rings is 1. The normalized spacial score (nSPS) is 18.5. The maximum Gasteiger partial charge on any atom is 0.263 e. The van der Waals surface area contributed by atoms with Crippen molar-refractivity contribution in [3.63, 3.8) is 0 Å². The van der Waals surface area contributed by atoms with Crippen LogP contribution < -0.4 is 10.1 Å². The maximum atomic E-state index is 12.9. The second-order valence-electron chi connectivity index (χ2n) is 7.22. The van der Waals surface area contributed by atoms with Crippen molar-refractivity contribution in [1.29, 1.82) is 0 Å². The van der Waals surface area contributed by atoms with Gasteiger partial charge in [0.05, 0.1) is 6.61 Å². The Balaban J connectivity index is 1.60. The Kier molecular flexibility index (Phi) is 5.69. The van der Waals surface area contributed by atoms with Crippen LogP contribution in [0.3, 0.4) is 0 Å². The highest BCUT2D eigenvalue weighted by Crippen LogP contribution is 2.41. The Labute approximate surface area is 169 Å². The molecule has 0 aliphatic carbocycles. The molecule has 28 heavy (non-hydrogen) atoms. The number of amides is 1. The van der Waals surface area contributed by atoms with Crippen molar-refractivity contribution in [2.45, 2.75) is 31.8 Å². The largest absolute Gasteiger partial charge is 0.479 e. The van der Waals surface area contributed by atoms with Crippen LogP contribution in [-0.2, 0) is 11.2 Å². The summed E-state index contributed by atoms with van der Waals surface area (Å²) in [5, 5.41) is 12.7. The van der Waals surface area contributed by atoms with Crippen LogP contribution in [0.2, 0.25) is 5.02 Å². The fraction of sp³-hybridized carbons (Fsp3) is 0.429. The molecule has 4 rings (SSSR count). The molecule has 1 saturated heterocycles. The van der Waals surface area contributed by atoms with E-state index in [1.807, 2.05) is 29.2 Å². The number of likely N-dealkylation sites (tertiary alicyclic amines) is 1. The molecule has 1 aromatic carbocycles. The molecular weight excluding hydrogens is 378 g/mol. The van der Waals surface area contributed by atoms with Crippen molar-refractivity contribution in [2.24, 2.45) is 0 Å². The van der Waals surface area contributed by atoms with Gasteiger partial charge in [-0.05, 0) is 49.1 Å². The Morgan fingerprint density at radius 2 is 2.11 bits per heavy atom. The lowest BCUT2D eigenvalue weighted by atomic mass is 10.0. The molecule has 1 amide bonds. The van der Waals surface area contributed by atoms with E-state index in [2.05, 4.69) is 10.3 Å². The summed E-state index contributed by atoms with van der Waals surface area (Å²) in [5.41, 5.74) is 2.71. The third-order valence-electron chi connectivity index (χ3n) is 5.23. The predicted molar refractivity (Wildman–Crippen MR) is 109 cm³/mol. The number of nitrogens with zero attached hydrogens (tertiary/aromatic N) is 2. The number of pyridine rings is 1. The molecule has 0 bridgehead atoms. The number of halogens is 1. The van der Waals surface area contributed by atoms with Gasteiger partial charge in [-0.3, -0.25) is 4.79 Å². The molecule has 1 atom stereocenters. The first-order valence-electron chi connectivity index (χ1n) is 9.75. The van der Waals surface area contributed by atoms with E-state index in [0.29, 0.717) is 23.8 Å². The van der Waals surface area contributed by atoms with Crippen molar-refractivity contribution in [2.75, 3.05) is 31.6 Å². The standard InChI is InChI=1S/C21H24ClN3O3/c22-16-10-15-11-18(21(27)25-7-2-1-3-8-25)28-20(15)17(13-16)14-4-5-23-19(12-14)24-6-9-26/h4-5,10,12-13,18,26H,1-3,6-9,11H2,(H,23,24). The lowest BCUT2D eigenvalue weighted by Crippen LogP contribution is -2.43. The number of aliphatic hydroxyl groups excluding tert-OH is 1. The summed E-state index contributed by atoms with van der Waals surface area (Å²) in [5.74, 6) is 1.45. The number of ether oxygens (including phenoxy) is 1. The minimum atomic E-state index is -0.487. The average Bonchev–Trinajstić information content (AvgIpc) is 3.15. The van der Waals surface area contributed by atoms with Gasteiger partial charge in [-0.15, -0.1) is 0 Å². The van der Waals surface area contributed by atoms with Crippen LogP contribution in [0, 0.1) is 0 Å². The number of nitrogens with one attached hydrogen (secondary N) is 1.